The molecule has 1 atom stereocenters. The Kier molecular flexibility index (Phi) is 4.47. The highest BCUT2D eigenvalue weighted by Gasteiger charge is 2.04. The molecular formula is C15H19N3O. The molecular weight excluding hydrogens is 238 g/mol. The number of ether oxygens (including phenoxy) is 1. The molecule has 1 unspecified atom stereocenters. The van der Waals surface area contributed by atoms with Gasteiger partial charge in [0.15, 0.2) is 0 Å². The normalized spacial score (nSPS) is 12.2. The Balaban J connectivity index is 2.22. The number of benzene rings is 1. The van der Waals surface area contributed by atoms with Crippen LogP contribution in [0.5, 0.6) is 5.75 Å². The van der Waals surface area contributed by atoms with E-state index in [-0.39, 0.29) is 6.04 Å². The molecule has 4 nitrogen and oxygen atoms in total. The molecule has 2 rings (SSSR count). The van der Waals surface area contributed by atoms with Gasteiger partial charge in [-0.2, -0.15) is 0 Å². The average Bonchev–Trinajstić information content (AvgIpc) is 2.45. The van der Waals surface area contributed by atoms with Gasteiger partial charge in [0.2, 0.25) is 0 Å². The van der Waals surface area contributed by atoms with Crippen molar-refractivity contribution in [3.8, 4) is 17.0 Å². The van der Waals surface area contributed by atoms with Crippen molar-refractivity contribution in [1.82, 2.24) is 9.97 Å². The van der Waals surface area contributed by atoms with Crippen molar-refractivity contribution in [3.05, 3.63) is 42.4 Å². The van der Waals surface area contributed by atoms with Gasteiger partial charge in [0.1, 0.15) is 11.6 Å². The number of methoxy groups -OCH3 is 1. The van der Waals surface area contributed by atoms with Crippen LogP contribution in [0.15, 0.2) is 36.5 Å². The van der Waals surface area contributed by atoms with Crippen molar-refractivity contribution in [2.45, 2.75) is 25.8 Å². The van der Waals surface area contributed by atoms with E-state index in [9.17, 15) is 0 Å². The third kappa shape index (κ3) is 3.76. The van der Waals surface area contributed by atoms with Crippen LogP contribution in [-0.2, 0) is 6.42 Å². The van der Waals surface area contributed by atoms with Crippen molar-refractivity contribution >= 4 is 0 Å². The predicted octanol–water partition coefficient (Wildman–Crippen LogP) is 2.43. The van der Waals surface area contributed by atoms with Gasteiger partial charge in [0, 0.05) is 24.2 Å². The average molecular weight is 257 g/mol. The molecule has 0 spiro atoms. The van der Waals surface area contributed by atoms with Crippen molar-refractivity contribution < 1.29 is 4.74 Å². The first-order valence-electron chi connectivity index (χ1n) is 6.41. The van der Waals surface area contributed by atoms with Crippen molar-refractivity contribution in [2.24, 2.45) is 5.73 Å². The molecule has 2 aromatic rings. The Bertz CT molecular complexity index is 540. The Morgan fingerprint density at radius 1 is 1.32 bits per heavy atom. The van der Waals surface area contributed by atoms with Gasteiger partial charge in [-0.1, -0.05) is 12.1 Å². The second-order valence-electron chi connectivity index (χ2n) is 4.61. The molecule has 1 aromatic carbocycles. The summed E-state index contributed by atoms with van der Waals surface area (Å²) < 4.78 is 5.23. The highest BCUT2D eigenvalue weighted by atomic mass is 16.5. The minimum absolute atomic E-state index is 0.170. The van der Waals surface area contributed by atoms with Gasteiger partial charge in [-0.15, -0.1) is 0 Å². The summed E-state index contributed by atoms with van der Waals surface area (Å²) in [5.41, 5.74) is 7.70. The van der Waals surface area contributed by atoms with Crippen LogP contribution in [0.25, 0.3) is 11.3 Å². The quantitative estimate of drug-likeness (QED) is 0.893. The van der Waals surface area contributed by atoms with E-state index in [1.165, 1.54) is 0 Å². The molecule has 0 aliphatic rings. The summed E-state index contributed by atoms with van der Waals surface area (Å²) in [4.78, 5) is 8.85. The van der Waals surface area contributed by atoms with Crippen LogP contribution in [0.2, 0.25) is 0 Å². The van der Waals surface area contributed by atoms with E-state index >= 15 is 0 Å². The zero-order valence-electron chi connectivity index (χ0n) is 11.3. The molecule has 4 heteroatoms. The molecule has 100 valence electrons. The van der Waals surface area contributed by atoms with Crippen LogP contribution >= 0.6 is 0 Å². The number of rotatable bonds is 5. The molecule has 0 saturated heterocycles. The lowest BCUT2D eigenvalue weighted by Crippen LogP contribution is -2.16. The smallest absolute Gasteiger partial charge is 0.129 e. The maximum Gasteiger partial charge on any atom is 0.129 e. The molecule has 19 heavy (non-hydrogen) atoms. The highest BCUT2D eigenvalue weighted by Crippen LogP contribution is 2.21. The van der Waals surface area contributed by atoms with E-state index in [2.05, 4.69) is 9.97 Å². The summed E-state index contributed by atoms with van der Waals surface area (Å²) in [5, 5.41) is 0. The lowest BCUT2D eigenvalue weighted by atomic mass is 10.1. The highest BCUT2D eigenvalue weighted by molar-refractivity contribution is 5.60. The fourth-order valence-corrected chi connectivity index (χ4v) is 1.82. The molecule has 2 N–H and O–H groups in total. The van der Waals surface area contributed by atoms with Gasteiger partial charge < -0.3 is 10.5 Å². The zero-order valence-corrected chi connectivity index (χ0v) is 11.3. The van der Waals surface area contributed by atoms with Gasteiger partial charge >= 0.3 is 0 Å². The number of hydrogen-bond donors (Lipinski definition) is 1. The van der Waals surface area contributed by atoms with E-state index in [1.807, 2.05) is 37.3 Å². The number of aromatic nitrogens is 2. The lowest BCUT2D eigenvalue weighted by Gasteiger charge is -2.07. The molecule has 0 radical (unpaired) electrons. The van der Waals surface area contributed by atoms with Crippen LogP contribution < -0.4 is 10.5 Å². The van der Waals surface area contributed by atoms with Gasteiger partial charge in [-0.05, 0) is 31.5 Å². The van der Waals surface area contributed by atoms with Gasteiger partial charge in [0.05, 0.1) is 12.8 Å². The Labute approximate surface area is 113 Å². The third-order valence-corrected chi connectivity index (χ3v) is 2.89. The summed E-state index contributed by atoms with van der Waals surface area (Å²) in [7, 11) is 1.66. The molecule has 0 aliphatic heterocycles. The fraction of sp³-hybridized carbons (Fsp3) is 0.333. The summed E-state index contributed by atoms with van der Waals surface area (Å²) in [6.45, 7) is 1.99. The molecule has 0 fully saturated rings. The lowest BCUT2D eigenvalue weighted by molar-refractivity contribution is 0.415. The van der Waals surface area contributed by atoms with Crippen LogP contribution in [0.4, 0.5) is 0 Å². The van der Waals surface area contributed by atoms with Crippen LogP contribution in [-0.4, -0.2) is 23.1 Å². The number of hydrogen-bond acceptors (Lipinski definition) is 4. The van der Waals surface area contributed by atoms with Gasteiger partial charge in [-0.3, -0.25) is 0 Å². The van der Waals surface area contributed by atoms with Crippen LogP contribution in [0.3, 0.4) is 0 Å². The number of nitrogens with zero attached hydrogens (tertiary/aromatic N) is 2. The first kappa shape index (κ1) is 13.5. The van der Waals surface area contributed by atoms with E-state index in [0.717, 1.165) is 35.7 Å². The summed E-state index contributed by atoms with van der Waals surface area (Å²) in [6.07, 6.45) is 3.48. The first-order valence-corrected chi connectivity index (χ1v) is 6.41. The second-order valence-corrected chi connectivity index (χ2v) is 4.61. The molecule has 0 bridgehead atoms. The van der Waals surface area contributed by atoms with E-state index in [1.54, 1.807) is 13.3 Å². The van der Waals surface area contributed by atoms with E-state index in [0.29, 0.717) is 0 Å². The van der Waals surface area contributed by atoms with Gasteiger partial charge in [0.25, 0.3) is 0 Å². The Morgan fingerprint density at radius 2 is 2.16 bits per heavy atom. The number of nitrogens with two attached hydrogens (primary N) is 1. The predicted molar refractivity (Wildman–Crippen MR) is 76.0 cm³/mol. The van der Waals surface area contributed by atoms with Crippen molar-refractivity contribution in [2.75, 3.05) is 7.11 Å². The Hall–Kier alpha value is -1.94. The monoisotopic (exact) mass is 257 g/mol. The second kappa shape index (κ2) is 6.29. The minimum atomic E-state index is 0.170. The first-order chi connectivity index (χ1) is 9.19. The molecule has 1 aromatic heterocycles. The molecule has 0 saturated carbocycles. The SMILES string of the molecule is COc1cccc(-c2ccnc(CCC(C)N)n2)c1. The molecule has 0 aliphatic carbocycles. The van der Waals surface area contributed by atoms with E-state index < -0.39 is 0 Å². The standard InChI is InChI=1S/C15H19N3O/c1-11(16)6-7-15-17-9-8-14(18-15)12-4-3-5-13(10-12)19-2/h3-5,8-11H,6-7,16H2,1-2H3. The Morgan fingerprint density at radius 3 is 2.89 bits per heavy atom. The summed E-state index contributed by atoms with van der Waals surface area (Å²) in [5.74, 6) is 1.66. The van der Waals surface area contributed by atoms with Crippen LogP contribution in [0, 0.1) is 0 Å². The largest absolute Gasteiger partial charge is 0.497 e. The topological polar surface area (TPSA) is 61.0 Å². The number of aryl methyl sites for hydroxylation is 1. The van der Waals surface area contributed by atoms with Gasteiger partial charge in [-0.25, -0.2) is 9.97 Å². The molecule has 1 heterocycles. The van der Waals surface area contributed by atoms with Crippen LogP contribution in [0.1, 0.15) is 19.2 Å². The zero-order chi connectivity index (χ0) is 13.7. The van der Waals surface area contributed by atoms with Crippen molar-refractivity contribution in [1.29, 1.82) is 0 Å². The summed E-state index contributed by atoms with van der Waals surface area (Å²) >= 11 is 0. The van der Waals surface area contributed by atoms with Crippen molar-refractivity contribution in [3.63, 3.8) is 0 Å². The fourth-order valence-electron chi connectivity index (χ4n) is 1.82. The molecule has 0 amide bonds. The van der Waals surface area contributed by atoms with E-state index in [4.69, 9.17) is 10.5 Å². The maximum atomic E-state index is 5.76. The third-order valence-electron chi connectivity index (χ3n) is 2.89. The maximum absolute atomic E-state index is 5.76. The summed E-state index contributed by atoms with van der Waals surface area (Å²) in [6, 6.07) is 9.94. The minimum Gasteiger partial charge on any atom is -0.497 e.